The van der Waals surface area contributed by atoms with Crippen molar-refractivity contribution in [1.29, 1.82) is 0 Å². The van der Waals surface area contributed by atoms with Gasteiger partial charge in [-0.15, -0.1) is 0 Å². The maximum atomic E-state index is 13.5. The molecule has 0 amide bonds. The van der Waals surface area contributed by atoms with Crippen LogP contribution in [0.4, 0.5) is 4.39 Å². The molecular weight excluding hydrogens is 389 g/mol. The molecule has 0 saturated heterocycles. The lowest BCUT2D eigenvalue weighted by Gasteiger charge is -2.13. The van der Waals surface area contributed by atoms with E-state index in [9.17, 15) is 9.18 Å². The van der Waals surface area contributed by atoms with Gasteiger partial charge in [0.05, 0.1) is 17.9 Å². The summed E-state index contributed by atoms with van der Waals surface area (Å²) in [5.41, 5.74) is 6.84. The van der Waals surface area contributed by atoms with Gasteiger partial charge in [0.25, 0.3) is 0 Å². The number of hydrogen-bond acceptors (Lipinski definition) is 2. The maximum Gasteiger partial charge on any atom is 0.338 e. The molecule has 0 fully saturated rings. The SMILES string of the molecule is Cc1ccc(-c2cc(CCOC(=O)c3ccccc3)c(C)n2-c2ccc(F)cc2)cc1. The number of rotatable bonds is 6. The van der Waals surface area contributed by atoms with Crippen LogP contribution in [0, 0.1) is 19.7 Å². The Morgan fingerprint density at radius 1 is 0.903 bits per heavy atom. The third kappa shape index (κ3) is 4.58. The summed E-state index contributed by atoms with van der Waals surface area (Å²) in [4.78, 5) is 12.2. The zero-order valence-electron chi connectivity index (χ0n) is 17.6. The highest BCUT2D eigenvalue weighted by Gasteiger charge is 2.16. The van der Waals surface area contributed by atoms with Crippen molar-refractivity contribution in [2.45, 2.75) is 20.3 Å². The first-order valence-electron chi connectivity index (χ1n) is 10.3. The predicted octanol–water partition coefficient (Wildman–Crippen LogP) is 6.30. The normalized spacial score (nSPS) is 10.8. The number of esters is 1. The Labute approximate surface area is 181 Å². The number of carbonyl (C=O) groups is 1. The molecule has 0 aliphatic heterocycles. The summed E-state index contributed by atoms with van der Waals surface area (Å²) in [5.74, 6) is -0.589. The molecule has 0 spiro atoms. The van der Waals surface area contributed by atoms with Gasteiger partial charge in [-0.1, -0.05) is 48.0 Å². The van der Waals surface area contributed by atoms with Gasteiger partial charge in [0, 0.05) is 17.8 Å². The van der Waals surface area contributed by atoms with Gasteiger partial charge in [-0.2, -0.15) is 0 Å². The van der Waals surface area contributed by atoms with Gasteiger partial charge in [0.2, 0.25) is 0 Å². The van der Waals surface area contributed by atoms with Crippen molar-refractivity contribution in [3.05, 3.63) is 113 Å². The minimum atomic E-state index is -0.324. The van der Waals surface area contributed by atoms with Crippen LogP contribution in [0.25, 0.3) is 16.9 Å². The Morgan fingerprint density at radius 2 is 1.58 bits per heavy atom. The van der Waals surface area contributed by atoms with E-state index in [2.05, 4.69) is 41.8 Å². The molecule has 156 valence electrons. The Bertz CT molecular complexity index is 1180. The van der Waals surface area contributed by atoms with Crippen molar-refractivity contribution in [1.82, 2.24) is 4.57 Å². The number of ether oxygens (including phenoxy) is 1. The summed E-state index contributed by atoms with van der Waals surface area (Å²) in [5, 5.41) is 0. The van der Waals surface area contributed by atoms with Crippen LogP contribution in [0.3, 0.4) is 0 Å². The van der Waals surface area contributed by atoms with E-state index in [-0.39, 0.29) is 18.4 Å². The predicted molar refractivity (Wildman–Crippen MR) is 121 cm³/mol. The third-order valence-electron chi connectivity index (χ3n) is 5.40. The van der Waals surface area contributed by atoms with Gasteiger partial charge < -0.3 is 9.30 Å². The Hall–Kier alpha value is -3.66. The van der Waals surface area contributed by atoms with Crippen LogP contribution in [-0.4, -0.2) is 17.1 Å². The molecule has 0 saturated carbocycles. The van der Waals surface area contributed by atoms with Gasteiger partial charge in [-0.3, -0.25) is 0 Å². The highest BCUT2D eigenvalue weighted by Crippen LogP contribution is 2.30. The molecule has 1 aromatic heterocycles. The number of halogens is 1. The molecule has 0 aliphatic rings. The van der Waals surface area contributed by atoms with E-state index >= 15 is 0 Å². The third-order valence-corrected chi connectivity index (χ3v) is 5.40. The lowest BCUT2D eigenvalue weighted by atomic mass is 10.1. The summed E-state index contributed by atoms with van der Waals surface area (Å²) >= 11 is 0. The molecular formula is C27H24FNO2. The van der Waals surface area contributed by atoms with Gasteiger partial charge in [-0.05, 0) is 67.4 Å². The van der Waals surface area contributed by atoms with Crippen LogP contribution >= 0.6 is 0 Å². The topological polar surface area (TPSA) is 31.2 Å². The molecule has 0 radical (unpaired) electrons. The first-order chi connectivity index (χ1) is 15.0. The number of aryl methyl sites for hydroxylation is 1. The van der Waals surface area contributed by atoms with Crippen molar-refractivity contribution >= 4 is 5.97 Å². The lowest BCUT2D eigenvalue weighted by molar-refractivity contribution is 0.0509. The van der Waals surface area contributed by atoms with Crippen LogP contribution < -0.4 is 0 Å². The minimum Gasteiger partial charge on any atom is -0.462 e. The Kier molecular flexibility index (Phi) is 5.99. The molecule has 0 atom stereocenters. The molecule has 0 unspecified atom stereocenters. The fourth-order valence-corrected chi connectivity index (χ4v) is 3.68. The zero-order valence-corrected chi connectivity index (χ0v) is 17.6. The lowest BCUT2D eigenvalue weighted by Crippen LogP contribution is -2.08. The van der Waals surface area contributed by atoms with Crippen LogP contribution in [0.1, 0.15) is 27.2 Å². The summed E-state index contributed by atoms with van der Waals surface area (Å²) in [7, 11) is 0. The van der Waals surface area contributed by atoms with E-state index in [1.165, 1.54) is 17.7 Å². The van der Waals surface area contributed by atoms with Crippen LogP contribution in [0.5, 0.6) is 0 Å². The molecule has 3 nitrogen and oxygen atoms in total. The van der Waals surface area contributed by atoms with E-state index < -0.39 is 0 Å². The summed E-state index contributed by atoms with van der Waals surface area (Å²) in [6, 6.07) is 25.9. The average Bonchev–Trinajstić information content (AvgIpc) is 3.11. The van der Waals surface area contributed by atoms with E-state index in [1.54, 1.807) is 24.3 Å². The van der Waals surface area contributed by atoms with Crippen molar-refractivity contribution < 1.29 is 13.9 Å². The number of nitrogens with zero attached hydrogens (tertiary/aromatic N) is 1. The highest BCUT2D eigenvalue weighted by molar-refractivity contribution is 5.89. The first-order valence-corrected chi connectivity index (χ1v) is 10.3. The van der Waals surface area contributed by atoms with Crippen LogP contribution in [-0.2, 0) is 11.2 Å². The smallest absolute Gasteiger partial charge is 0.338 e. The number of carbonyl (C=O) groups excluding carboxylic acids is 1. The van der Waals surface area contributed by atoms with Crippen molar-refractivity contribution in [2.24, 2.45) is 0 Å². The van der Waals surface area contributed by atoms with Gasteiger partial charge in [0.1, 0.15) is 5.82 Å². The summed E-state index contributed by atoms with van der Waals surface area (Å²) < 4.78 is 21.1. The van der Waals surface area contributed by atoms with Crippen LogP contribution in [0.2, 0.25) is 0 Å². The van der Waals surface area contributed by atoms with E-state index in [1.807, 2.05) is 25.1 Å². The second-order valence-corrected chi connectivity index (χ2v) is 7.57. The Morgan fingerprint density at radius 3 is 2.26 bits per heavy atom. The molecule has 3 aromatic carbocycles. The monoisotopic (exact) mass is 413 g/mol. The van der Waals surface area contributed by atoms with E-state index in [4.69, 9.17) is 4.74 Å². The van der Waals surface area contributed by atoms with Crippen LogP contribution in [0.15, 0.2) is 84.9 Å². The molecule has 4 heteroatoms. The second-order valence-electron chi connectivity index (χ2n) is 7.57. The second kappa shape index (κ2) is 9.00. The molecule has 1 heterocycles. The fourth-order valence-electron chi connectivity index (χ4n) is 3.68. The quantitative estimate of drug-likeness (QED) is 0.347. The minimum absolute atomic E-state index is 0.265. The molecule has 31 heavy (non-hydrogen) atoms. The largest absolute Gasteiger partial charge is 0.462 e. The van der Waals surface area contributed by atoms with Gasteiger partial charge >= 0.3 is 5.97 Å². The fraction of sp³-hybridized carbons (Fsp3) is 0.148. The maximum absolute atomic E-state index is 13.5. The average molecular weight is 413 g/mol. The molecule has 0 N–H and O–H groups in total. The van der Waals surface area contributed by atoms with Crippen molar-refractivity contribution in [3.63, 3.8) is 0 Å². The first kappa shape index (κ1) is 20.6. The Balaban J connectivity index is 1.62. The van der Waals surface area contributed by atoms with E-state index in [0.29, 0.717) is 12.0 Å². The van der Waals surface area contributed by atoms with Gasteiger partial charge in [0.15, 0.2) is 0 Å². The van der Waals surface area contributed by atoms with E-state index in [0.717, 1.165) is 28.2 Å². The summed E-state index contributed by atoms with van der Waals surface area (Å²) in [6.07, 6.45) is 0.595. The van der Waals surface area contributed by atoms with Crippen molar-refractivity contribution in [3.8, 4) is 16.9 Å². The zero-order chi connectivity index (χ0) is 21.8. The van der Waals surface area contributed by atoms with Crippen molar-refractivity contribution in [2.75, 3.05) is 6.61 Å². The molecule has 4 aromatic rings. The highest BCUT2D eigenvalue weighted by atomic mass is 19.1. The molecule has 4 rings (SSSR count). The summed E-state index contributed by atoms with van der Waals surface area (Å²) in [6.45, 7) is 4.38. The number of aromatic nitrogens is 1. The number of benzene rings is 3. The number of hydrogen-bond donors (Lipinski definition) is 0. The standard InChI is InChI=1S/C27H24FNO2/c1-19-8-10-21(11-9-19)26-18-23(16-17-31-27(30)22-6-4-3-5-7-22)20(2)29(26)25-14-12-24(28)13-15-25/h3-15,18H,16-17H2,1-2H3. The molecule has 0 bridgehead atoms. The molecule has 0 aliphatic carbocycles. The van der Waals surface area contributed by atoms with Gasteiger partial charge in [-0.25, -0.2) is 9.18 Å².